The van der Waals surface area contributed by atoms with Gasteiger partial charge < -0.3 is 19.1 Å². The first-order valence-electron chi connectivity index (χ1n) is 8.07. The number of nitrogens with zero attached hydrogens (tertiary/aromatic N) is 2. The SMILES string of the molecule is CCOP(=O)(OCC)C(NC(=O)c1snnc1C)c1ccc(OC)cc1. The first kappa shape index (κ1) is 20.5. The number of aromatic nitrogens is 2. The number of hydrogen-bond donors (Lipinski definition) is 1. The maximum Gasteiger partial charge on any atom is 0.357 e. The van der Waals surface area contributed by atoms with E-state index in [0.717, 1.165) is 11.5 Å². The molecule has 0 saturated carbocycles. The number of amides is 1. The number of rotatable bonds is 9. The fraction of sp³-hybridized carbons (Fsp3) is 0.438. The van der Waals surface area contributed by atoms with E-state index in [1.807, 2.05) is 0 Å². The number of methoxy groups -OCH3 is 1. The molecule has 0 bridgehead atoms. The molecule has 2 aromatic rings. The van der Waals surface area contributed by atoms with E-state index in [0.29, 0.717) is 21.9 Å². The topological polar surface area (TPSA) is 99.6 Å². The summed E-state index contributed by atoms with van der Waals surface area (Å²) in [5.41, 5.74) is 1.09. The van der Waals surface area contributed by atoms with Crippen molar-refractivity contribution < 1.29 is 23.1 Å². The second-order valence-corrected chi connectivity index (χ2v) is 8.08. The first-order chi connectivity index (χ1) is 12.4. The summed E-state index contributed by atoms with van der Waals surface area (Å²) in [6, 6.07) is 6.87. The van der Waals surface area contributed by atoms with Gasteiger partial charge in [-0.25, -0.2) is 0 Å². The Kier molecular flexibility index (Phi) is 7.28. The van der Waals surface area contributed by atoms with E-state index >= 15 is 0 Å². The van der Waals surface area contributed by atoms with Crippen molar-refractivity contribution in [1.29, 1.82) is 0 Å². The van der Waals surface area contributed by atoms with Gasteiger partial charge in [0, 0.05) is 0 Å². The molecule has 1 atom stereocenters. The van der Waals surface area contributed by atoms with Gasteiger partial charge in [0.1, 0.15) is 10.6 Å². The minimum absolute atomic E-state index is 0.181. The predicted molar refractivity (Wildman–Crippen MR) is 98.7 cm³/mol. The van der Waals surface area contributed by atoms with Crippen molar-refractivity contribution in [3.63, 3.8) is 0 Å². The summed E-state index contributed by atoms with van der Waals surface area (Å²) in [7, 11) is -2.10. The molecular weight excluding hydrogens is 377 g/mol. The van der Waals surface area contributed by atoms with E-state index in [4.69, 9.17) is 13.8 Å². The van der Waals surface area contributed by atoms with Gasteiger partial charge in [-0.3, -0.25) is 9.36 Å². The number of nitrogens with one attached hydrogen (secondary N) is 1. The van der Waals surface area contributed by atoms with Crippen LogP contribution in [0.25, 0.3) is 0 Å². The molecule has 2 rings (SSSR count). The minimum atomic E-state index is -3.65. The maximum atomic E-state index is 13.3. The molecule has 0 aliphatic carbocycles. The Balaban J connectivity index is 2.41. The van der Waals surface area contributed by atoms with Gasteiger partial charge in [0.05, 0.1) is 26.0 Å². The highest BCUT2D eigenvalue weighted by Crippen LogP contribution is 2.59. The molecule has 26 heavy (non-hydrogen) atoms. The van der Waals surface area contributed by atoms with Gasteiger partial charge >= 0.3 is 7.60 Å². The molecule has 0 aliphatic heterocycles. The lowest BCUT2D eigenvalue weighted by atomic mass is 10.2. The van der Waals surface area contributed by atoms with Gasteiger partial charge in [0.25, 0.3) is 5.91 Å². The van der Waals surface area contributed by atoms with Crippen molar-refractivity contribution in [2.45, 2.75) is 26.6 Å². The van der Waals surface area contributed by atoms with Gasteiger partial charge in [-0.05, 0) is 50.0 Å². The molecule has 1 unspecified atom stereocenters. The van der Waals surface area contributed by atoms with Crippen LogP contribution in [0.4, 0.5) is 0 Å². The van der Waals surface area contributed by atoms with Gasteiger partial charge in [-0.2, -0.15) is 0 Å². The fourth-order valence-electron chi connectivity index (χ4n) is 2.31. The summed E-state index contributed by atoms with van der Waals surface area (Å²) in [6.45, 7) is 5.49. The van der Waals surface area contributed by atoms with Gasteiger partial charge in [0.15, 0.2) is 5.78 Å². The van der Waals surface area contributed by atoms with Crippen LogP contribution in [0.2, 0.25) is 0 Å². The summed E-state index contributed by atoms with van der Waals surface area (Å²) < 4.78 is 33.2. The zero-order chi connectivity index (χ0) is 19.2. The van der Waals surface area contributed by atoms with Gasteiger partial charge in [-0.15, -0.1) is 5.10 Å². The number of carbonyl (C=O) groups excluding carboxylic acids is 1. The molecule has 0 spiro atoms. The normalized spacial score (nSPS) is 12.6. The van der Waals surface area contributed by atoms with Gasteiger partial charge in [0.2, 0.25) is 0 Å². The molecule has 1 amide bonds. The Bertz CT molecular complexity index is 770. The quantitative estimate of drug-likeness (QED) is 0.644. The molecule has 0 fully saturated rings. The van der Waals surface area contributed by atoms with Crippen LogP contribution in [0.5, 0.6) is 5.75 Å². The highest BCUT2D eigenvalue weighted by atomic mass is 32.1. The van der Waals surface area contributed by atoms with Gasteiger partial charge in [-0.1, -0.05) is 16.6 Å². The maximum absolute atomic E-state index is 13.3. The standard InChI is InChI=1S/C16H22N3O5PS/c1-5-23-25(21,24-6-2)16(12-7-9-13(22-4)10-8-12)17-15(20)14-11(3)18-19-26-14/h7-10,16H,5-6H2,1-4H3,(H,17,20). The average molecular weight is 399 g/mol. The summed E-state index contributed by atoms with van der Waals surface area (Å²) in [6.07, 6.45) is 0. The zero-order valence-electron chi connectivity index (χ0n) is 15.1. The van der Waals surface area contributed by atoms with E-state index < -0.39 is 19.3 Å². The third-order valence-corrected chi connectivity index (χ3v) is 6.61. The third-order valence-electron chi connectivity index (χ3n) is 3.49. The van der Waals surface area contributed by atoms with Crippen molar-refractivity contribution in [1.82, 2.24) is 14.9 Å². The van der Waals surface area contributed by atoms with E-state index in [1.165, 1.54) is 0 Å². The molecule has 1 N–H and O–H groups in total. The van der Waals surface area contributed by atoms with E-state index in [1.54, 1.807) is 52.1 Å². The molecule has 1 aromatic carbocycles. The van der Waals surface area contributed by atoms with Crippen LogP contribution in [0.15, 0.2) is 24.3 Å². The number of carbonyl (C=O) groups is 1. The van der Waals surface area contributed by atoms with Crippen LogP contribution in [0, 0.1) is 6.92 Å². The monoisotopic (exact) mass is 399 g/mol. The van der Waals surface area contributed by atoms with E-state index in [-0.39, 0.29) is 13.2 Å². The lowest BCUT2D eigenvalue weighted by molar-refractivity contribution is 0.0940. The Hall–Kier alpha value is -1.80. The molecule has 1 heterocycles. The van der Waals surface area contributed by atoms with Crippen molar-refractivity contribution in [3.05, 3.63) is 40.4 Å². The van der Waals surface area contributed by atoms with Crippen LogP contribution in [-0.2, 0) is 13.6 Å². The van der Waals surface area contributed by atoms with Crippen molar-refractivity contribution in [2.75, 3.05) is 20.3 Å². The van der Waals surface area contributed by atoms with Crippen molar-refractivity contribution in [2.24, 2.45) is 0 Å². The lowest BCUT2D eigenvalue weighted by Gasteiger charge is -2.27. The smallest absolute Gasteiger partial charge is 0.357 e. The Morgan fingerprint density at radius 1 is 1.23 bits per heavy atom. The summed E-state index contributed by atoms with van der Waals surface area (Å²) >= 11 is 0.974. The number of benzene rings is 1. The molecule has 1 aromatic heterocycles. The fourth-order valence-corrected chi connectivity index (χ4v) is 4.77. The average Bonchev–Trinajstić information content (AvgIpc) is 3.06. The molecular formula is C16H22N3O5PS. The van der Waals surface area contributed by atoms with Crippen molar-refractivity contribution >= 4 is 25.0 Å². The predicted octanol–water partition coefficient (Wildman–Crippen LogP) is 3.55. The lowest BCUT2D eigenvalue weighted by Crippen LogP contribution is -2.29. The first-order valence-corrected chi connectivity index (χ1v) is 10.5. The second-order valence-electron chi connectivity index (χ2n) is 5.21. The molecule has 8 nitrogen and oxygen atoms in total. The number of ether oxygens (including phenoxy) is 1. The second kappa shape index (κ2) is 9.23. The van der Waals surface area contributed by atoms with Crippen LogP contribution >= 0.6 is 19.1 Å². The molecule has 0 saturated heterocycles. The Morgan fingerprint density at radius 3 is 2.31 bits per heavy atom. The highest BCUT2D eigenvalue weighted by molar-refractivity contribution is 7.54. The molecule has 10 heteroatoms. The van der Waals surface area contributed by atoms with Crippen LogP contribution in [-0.4, -0.2) is 35.8 Å². The van der Waals surface area contributed by atoms with E-state index in [9.17, 15) is 9.36 Å². The van der Waals surface area contributed by atoms with E-state index in [2.05, 4.69) is 14.9 Å². The number of aryl methyl sites for hydroxylation is 1. The third kappa shape index (κ3) is 4.67. The summed E-state index contributed by atoms with van der Waals surface area (Å²) in [5.74, 6) is -0.760. The highest BCUT2D eigenvalue weighted by Gasteiger charge is 2.38. The van der Waals surface area contributed by atoms with Crippen molar-refractivity contribution in [3.8, 4) is 5.75 Å². The summed E-state index contributed by atoms with van der Waals surface area (Å²) in [4.78, 5) is 13.0. The van der Waals surface area contributed by atoms with Crippen LogP contribution in [0.3, 0.4) is 0 Å². The minimum Gasteiger partial charge on any atom is -0.497 e. The Labute approximate surface area is 156 Å². The molecule has 0 radical (unpaired) electrons. The largest absolute Gasteiger partial charge is 0.497 e. The number of hydrogen-bond acceptors (Lipinski definition) is 8. The zero-order valence-corrected chi connectivity index (χ0v) is 16.8. The molecule has 0 aliphatic rings. The summed E-state index contributed by atoms with van der Waals surface area (Å²) in [5, 5.41) is 6.60. The van der Waals surface area contributed by atoms with Crippen LogP contribution < -0.4 is 10.1 Å². The Morgan fingerprint density at radius 2 is 1.85 bits per heavy atom. The van der Waals surface area contributed by atoms with Crippen LogP contribution in [0.1, 0.15) is 40.6 Å². The molecule has 142 valence electrons.